The lowest BCUT2D eigenvalue weighted by atomic mass is 10.1. The van der Waals surface area contributed by atoms with E-state index in [4.69, 9.17) is 0 Å². The molecule has 7 nitrogen and oxygen atoms in total. The van der Waals surface area contributed by atoms with Crippen molar-refractivity contribution < 1.29 is 14.3 Å². The summed E-state index contributed by atoms with van der Waals surface area (Å²) in [7, 11) is 3.21. The molecule has 2 aromatic heterocycles. The van der Waals surface area contributed by atoms with E-state index >= 15 is 0 Å². The number of aromatic nitrogens is 3. The second-order valence-electron chi connectivity index (χ2n) is 7.18. The van der Waals surface area contributed by atoms with E-state index in [1.807, 2.05) is 0 Å². The quantitative estimate of drug-likeness (QED) is 0.553. The number of phenols is 1. The Balaban J connectivity index is 1.89. The van der Waals surface area contributed by atoms with Crippen LogP contribution in [0.25, 0.3) is 22.2 Å². The minimum absolute atomic E-state index is 0.0577. The molecule has 0 saturated heterocycles. The molecule has 4 aromatic rings. The van der Waals surface area contributed by atoms with Crippen LogP contribution in [0.2, 0.25) is 0 Å². The van der Waals surface area contributed by atoms with Gasteiger partial charge in [0.25, 0.3) is 11.5 Å². The molecule has 0 unspecified atom stereocenters. The van der Waals surface area contributed by atoms with Crippen LogP contribution in [0.1, 0.15) is 15.9 Å². The van der Waals surface area contributed by atoms with Crippen LogP contribution in [0, 0.1) is 12.7 Å². The molecule has 4 rings (SSSR count). The fourth-order valence-corrected chi connectivity index (χ4v) is 3.52. The van der Waals surface area contributed by atoms with Gasteiger partial charge in [-0.3, -0.25) is 14.2 Å². The molecule has 0 aliphatic rings. The van der Waals surface area contributed by atoms with Gasteiger partial charge in [-0.2, -0.15) is 0 Å². The fourth-order valence-electron chi connectivity index (χ4n) is 3.52. The molecule has 1 N–H and O–H groups in total. The molecular weight excluding hydrogens is 389 g/mol. The van der Waals surface area contributed by atoms with E-state index in [1.54, 1.807) is 51.5 Å². The summed E-state index contributed by atoms with van der Waals surface area (Å²) in [5.41, 5.74) is 2.31. The fraction of sp³-hybridized carbons (Fsp3) is 0.136. The molecule has 0 saturated carbocycles. The summed E-state index contributed by atoms with van der Waals surface area (Å²) in [4.78, 5) is 37.6. The molecule has 30 heavy (non-hydrogen) atoms. The van der Waals surface area contributed by atoms with Gasteiger partial charge in [-0.15, -0.1) is 0 Å². The molecule has 0 fully saturated rings. The van der Waals surface area contributed by atoms with Crippen LogP contribution in [0.4, 0.5) is 4.39 Å². The Kier molecular flexibility index (Phi) is 4.42. The van der Waals surface area contributed by atoms with E-state index in [0.717, 1.165) is 27.8 Å². The van der Waals surface area contributed by atoms with Gasteiger partial charge < -0.3 is 9.67 Å². The zero-order valence-electron chi connectivity index (χ0n) is 16.5. The summed E-state index contributed by atoms with van der Waals surface area (Å²) in [6.07, 6.45) is 1.70. The normalized spacial score (nSPS) is 11.2. The molecule has 8 heteroatoms. The van der Waals surface area contributed by atoms with Crippen LogP contribution in [0.15, 0.2) is 58.3 Å². The lowest BCUT2D eigenvalue weighted by molar-refractivity contribution is 0.0959. The first-order chi connectivity index (χ1) is 14.2. The lowest BCUT2D eigenvalue weighted by Crippen LogP contribution is -2.28. The number of hydrogen-bond donors (Lipinski definition) is 1. The number of benzene rings is 2. The Labute approximate surface area is 169 Å². The molecule has 0 spiro atoms. The van der Waals surface area contributed by atoms with E-state index in [0.29, 0.717) is 16.6 Å². The first kappa shape index (κ1) is 19.4. The van der Waals surface area contributed by atoms with Crippen molar-refractivity contribution in [1.82, 2.24) is 13.7 Å². The molecule has 0 radical (unpaired) electrons. The summed E-state index contributed by atoms with van der Waals surface area (Å²) >= 11 is 0. The summed E-state index contributed by atoms with van der Waals surface area (Å²) < 4.78 is 17.5. The van der Waals surface area contributed by atoms with Crippen molar-refractivity contribution in [3.8, 4) is 16.9 Å². The minimum atomic E-state index is -0.943. The zero-order chi connectivity index (χ0) is 21.7. The highest BCUT2D eigenvalue weighted by Gasteiger charge is 2.20. The molecule has 0 aliphatic carbocycles. The van der Waals surface area contributed by atoms with Gasteiger partial charge in [0.1, 0.15) is 0 Å². The van der Waals surface area contributed by atoms with Crippen LogP contribution in [0.3, 0.4) is 0 Å². The Morgan fingerprint density at radius 1 is 0.967 bits per heavy atom. The second kappa shape index (κ2) is 6.84. The molecule has 2 heterocycles. The summed E-state index contributed by atoms with van der Waals surface area (Å²) in [5, 5.41) is 9.34. The maximum absolute atomic E-state index is 13.7. The van der Waals surface area contributed by atoms with Gasteiger partial charge in [0, 0.05) is 31.4 Å². The lowest BCUT2D eigenvalue weighted by Gasteiger charge is -2.08. The minimum Gasteiger partial charge on any atom is -0.505 e. The van der Waals surface area contributed by atoms with Gasteiger partial charge in [-0.05, 0) is 54.4 Å². The number of halogens is 1. The number of pyridine rings is 1. The molecule has 0 bridgehead atoms. The zero-order valence-corrected chi connectivity index (χ0v) is 16.5. The van der Waals surface area contributed by atoms with Gasteiger partial charge in [-0.25, -0.2) is 13.8 Å². The number of nitrogens with zero attached hydrogens (tertiary/aromatic N) is 3. The number of hydrogen-bond acceptors (Lipinski definition) is 4. The van der Waals surface area contributed by atoms with Crippen molar-refractivity contribution in [2.45, 2.75) is 6.92 Å². The smallest absolute Gasteiger partial charge is 0.335 e. The maximum atomic E-state index is 13.7. The molecule has 152 valence electrons. The Bertz CT molecular complexity index is 1430. The third-order valence-corrected chi connectivity index (χ3v) is 5.15. The van der Waals surface area contributed by atoms with E-state index in [1.165, 1.54) is 15.2 Å². The highest BCUT2D eigenvalue weighted by Crippen LogP contribution is 2.25. The van der Waals surface area contributed by atoms with Crippen LogP contribution in [-0.4, -0.2) is 24.7 Å². The van der Waals surface area contributed by atoms with E-state index in [-0.39, 0.29) is 11.1 Å². The van der Waals surface area contributed by atoms with Gasteiger partial charge in [-0.1, -0.05) is 6.07 Å². The van der Waals surface area contributed by atoms with Crippen molar-refractivity contribution in [2.24, 2.45) is 14.1 Å². The van der Waals surface area contributed by atoms with Crippen LogP contribution in [0.5, 0.6) is 5.75 Å². The molecular formula is C22H18FN3O4. The van der Waals surface area contributed by atoms with Crippen molar-refractivity contribution in [3.63, 3.8) is 0 Å². The maximum Gasteiger partial charge on any atom is 0.335 e. The number of carbonyl (C=O) groups excluding carboxylic acids is 1. The first-order valence-electron chi connectivity index (χ1n) is 9.11. The average Bonchev–Trinajstić information content (AvgIpc) is 2.97. The topological polar surface area (TPSA) is 86.2 Å². The molecule has 0 aliphatic heterocycles. The monoisotopic (exact) mass is 407 g/mol. The summed E-state index contributed by atoms with van der Waals surface area (Å²) in [5.74, 6) is -2.22. The van der Waals surface area contributed by atoms with Gasteiger partial charge in [0.2, 0.25) is 0 Å². The third-order valence-electron chi connectivity index (χ3n) is 5.15. The highest BCUT2D eigenvalue weighted by atomic mass is 19.1. The third kappa shape index (κ3) is 2.93. The first-order valence-corrected chi connectivity index (χ1v) is 9.11. The van der Waals surface area contributed by atoms with E-state index < -0.39 is 23.2 Å². The van der Waals surface area contributed by atoms with Gasteiger partial charge in [0.15, 0.2) is 11.6 Å². The van der Waals surface area contributed by atoms with Gasteiger partial charge in [0.05, 0.1) is 11.0 Å². The number of phenolic OH excluding ortho intramolecular Hbond substituents is 1. The standard InChI is InChI=1S/C22H18FN3O4/c1-12-8-15(11-24(2)20(12)28)13-4-6-17-18(10-13)25(3)22(30)26(17)21(29)14-5-7-19(27)16(23)9-14/h4-11,27H,1-3H3. The Morgan fingerprint density at radius 2 is 1.70 bits per heavy atom. The van der Waals surface area contributed by atoms with E-state index in [9.17, 15) is 23.9 Å². The number of fused-ring (bicyclic) bond motifs is 1. The van der Waals surface area contributed by atoms with Crippen LogP contribution in [-0.2, 0) is 14.1 Å². The SMILES string of the molecule is Cc1cc(-c2ccc3c(c2)n(C)c(=O)n3C(=O)c2ccc(O)c(F)c2)cn(C)c1=O. The predicted molar refractivity (Wildman–Crippen MR) is 110 cm³/mol. The second-order valence-corrected chi connectivity index (χ2v) is 7.18. The summed E-state index contributed by atoms with van der Waals surface area (Å²) in [6, 6.07) is 10.1. The molecule has 0 atom stereocenters. The van der Waals surface area contributed by atoms with Crippen molar-refractivity contribution >= 4 is 16.9 Å². The Morgan fingerprint density at radius 3 is 2.37 bits per heavy atom. The van der Waals surface area contributed by atoms with Gasteiger partial charge >= 0.3 is 5.69 Å². The number of aromatic hydroxyl groups is 1. The van der Waals surface area contributed by atoms with Crippen molar-refractivity contribution in [2.75, 3.05) is 0 Å². The number of imidazole rings is 1. The van der Waals surface area contributed by atoms with Crippen LogP contribution < -0.4 is 11.2 Å². The highest BCUT2D eigenvalue weighted by molar-refractivity contribution is 6.01. The number of carbonyl (C=O) groups is 1. The van der Waals surface area contributed by atoms with Crippen molar-refractivity contribution in [3.05, 3.63) is 86.4 Å². The average molecular weight is 407 g/mol. The molecule has 0 amide bonds. The summed E-state index contributed by atoms with van der Waals surface area (Å²) in [6.45, 7) is 1.73. The Hall–Kier alpha value is -3.94. The predicted octanol–water partition coefficient (Wildman–Crippen LogP) is 2.55. The molecule has 2 aromatic carbocycles. The van der Waals surface area contributed by atoms with Crippen LogP contribution >= 0.6 is 0 Å². The van der Waals surface area contributed by atoms with E-state index in [2.05, 4.69) is 0 Å². The number of aryl methyl sites for hydroxylation is 3. The number of rotatable bonds is 2. The van der Waals surface area contributed by atoms with Crippen molar-refractivity contribution in [1.29, 1.82) is 0 Å². The largest absolute Gasteiger partial charge is 0.505 e.